The van der Waals surface area contributed by atoms with Crippen molar-refractivity contribution in [3.63, 3.8) is 0 Å². The van der Waals surface area contributed by atoms with Gasteiger partial charge in [0, 0.05) is 6.04 Å². The van der Waals surface area contributed by atoms with Gasteiger partial charge in [-0.2, -0.15) is 0 Å². The molecule has 0 aliphatic rings. The maximum absolute atomic E-state index is 12.1. The van der Waals surface area contributed by atoms with Crippen molar-refractivity contribution < 1.29 is 17.9 Å². The van der Waals surface area contributed by atoms with E-state index in [0.29, 0.717) is 18.0 Å². The number of anilines is 1. The first kappa shape index (κ1) is 20.8. The van der Waals surface area contributed by atoms with Crippen LogP contribution in [0.4, 0.5) is 5.69 Å². The van der Waals surface area contributed by atoms with E-state index in [1.807, 2.05) is 44.2 Å². The molecule has 1 atom stereocenters. The molecule has 0 aliphatic heterocycles. The zero-order valence-corrected chi connectivity index (χ0v) is 16.7. The van der Waals surface area contributed by atoms with Crippen LogP contribution in [-0.4, -0.2) is 33.2 Å². The van der Waals surface area contributed by atoms with Crippen LogP contribution in [0, 0.1) is 0 Å². The van der Waals surface area contributed by atoms with Gasteiger partial charge in [0.2, 0.25) is 15.9 Å². The van der Waals surface area contributed by atoms with E-state index >= 15 is 0 Å². The van der Waals surface area contributed by atoms with Crippen molar-refractivity contribution in [3.05, 3.63) is 60.2 Å². The second-order valence-electron chi connectivity index (χ2n) is 6.41. The first-order chi connectivity index (χ1) is 12.8. The van der Waals surface area contributed by atoms with Crippen LogP contribution in [0.25, 0.3) is 0 Å². The van der Waals surface area contributed by atoms with Gasteiger partial charge >= 0.3 is 0 Å². The highest BCUT2D eigenvalue weighted by molar-refractivity contribution is 7.92. The predicted molar refractivity (Wildman–Crippen MR) is 107 cm³/mol. The fraction of sp³-hybridized carbons (Fsp3) is 0.350. The Hall–Kier alpha value is -2.54. The molecule has 2 aromatic carbocycles. The number of nitrogens with one attached hydrogen (secondary N) is 1. The Balaban J connectivity index is 2.06. The van der Waals surface area contributed by atoms with Gasteiger partial charge in [-0.05, 0) is 43.2 Å². The lowest BCUT2D eigenvalue weighted by molar-refractivity contribution is -0.120. The van der Waals surface area contributed by atoms with Gasteiger partial charge in [0.15, 0.2) is 0 Å². The molecule has 146 valence electrons. The molecule has 2 aromatic rings. The lowest BCUT2D eigenvalue weighted by atomic mass is 10.2. The quantitative estimate of drug-likeness (QED) is 0.714. The topological polar surface area (TPSA) is 75.7 Å². The molecule has 0 heterocycles. The molecule has 0 aromatic heterocycles. The number of rotatable bonds is 9. The molecular formula is C20H26N2O4S. The minimum absolute atomic E-state index is 0.00678. The zero-order chi connectivity index (χ0) is 19.9. The van der Waals surface area contributed by atoms with Crippen LogP contribution >= 0.6 is 0 Å². The number of benzene rings is 2. The van der Waals surface area contributed by atoms with Crippen LogP contribution in [0.5, 0.6) is 5.75 Å². The molecule has 0 aliphatic carbocycles. The predicted octanol–water partition coefficient (Wildman–Crippen LogP) is 2.95. The Morgan fingerprint density at radius 1 is 1.11 bits per heavy atom. The molecule has 7 heteroatoms. The molecule has 0 saturated carbocycles. The number of nitrogens with zero attached hydrogens (tertiary/aromatic N) is 1. The average Bonchev–Trinajstić information content (AvgIpc) is 2.65. The van der Waals surface area contributed by atoms with Crippen LogP contribution in [0.1, 0.15) is 25.8 Å². The molecule has 0 fully saturated rings. The minimum Gasteiger partial charge on any atom is -0.489 e. The number of ether oxygens (including phenoxy) is 1. The summed E-state index contributed by atoms with van der Waals surface area (Å²) in [4.78, 5) is 12.1. The molecule has 0 saturated heterocycles. The van der Waals surface area contributed by atoms with Gasteiger partial charge in [0.25, 0.3) is 0 Å². The smallest absolute Gasteiger partial charge is 0.240 e. The largest absolute Gasteiger partial charge is 0.489 e. The van der Waals surface area contributed by atoms with E-state index < -0.39 is 10.0 Å². The van der Waals surface area contributed by atoms with Gasteiger partial charge < -0.3 is 10.1 Å². The van der Waals surface area contributed by atoms with Crippen molar-refractivity contribution in [2.45, 2.75) is 32.9 Å². The molecule has 1 amide bonds. The maximum atomic E-state index is 12.1. The highest BCUT2D eigenvalue weighted by Gasteiger charge is 2.21. The summed E-state index contributed by atoms with van der Waals surface area (Å²) in [6, 6.07) is 16.4. The van der Waals surface area contributed by atoms with Crippen LogP contribution in [0.3, 0.4) is 0 Å². The highest BCUT2D eigenvalue weighted by atomic mass is 32.2. The first-order valence-corrected chi connectivity index (χ1v) is 10.7. The summed E-state index contributed by atoms with van der Waals surface area (Å²) in [6.07, 6.45) is 1.86. The van der Waals surface area contributed by atoms with E-state index in [0.717, 1.165) is 22.5 Å². The molecule has 0 unspecified atom stereocenters. The van der Waals surface area contributed by atoms with Crippen LogP contribution < -0.4 is 14.4 Å². The van der Waals surface area contributed by atoms with Crippen LogP contribution in [-0.2, 0) is 21.4 Å². The molecule has 27 heavy (non-hydrogen) atoms. The number of amides is 1. The summed E-state index contributed by atoms with van der Waals surface area (Å²) in [5, 5.41) is 2.78. The third-order valence-corrected chi connectivity index (χ3v) is 5.22. The molecule has 6 nitrogen and oxygen atoms in total. The lowest BCUT2D eigenvalue weighted by Crippen LogP contribution is -2.43. The summed E-state index contributed by atoms with van der Waals surface area (Å²) < 4.78 is 31.1. The van der Waals surface area contributed by atoms with Gasteiger partial charge in [0.05, 0.1) is 11.9 Å². The van der Waals surface area contributed by atoms with Crippen molar-refractivity contribution in [1.29, 1.82) is 0 Å². The molecule has 2 rings (SSSR count). The summed E-state index contributed by atoms with van der Waals surface area (Å²) in [7, 11) is -3.59. The summed E-state index contributed by atoms with van der Waals surface area (Å²) in [5.41, 5.74) is 1.46. The van der Waals surface area contributed by atoms with E-state index in [4.69, 9.17) is 4.74 Å². The monoisotopic (exact) mass is 390 g/mol. The number of carbonyl (C=O) groups excluding carboxylic acids is 1. The number of sulfonamides is 1. The zero-order valence-electron chi connectivity index (χ0n) is 15.9. The second-order valence-corrected chi connectivity index (χ2v) is 8.32. The molecule has 1 N–H and O–H groups in total. The van der Waals surface area contributed by atoms with E-state index in [9.17, 15) is 13.2 Å². The molecule has 0 bridgehead atoms. The first-order valence-electron chi connectivity index (χ1n) is 8.83. The third-order valence-electron chi connectivity index (χ3n) is 4.08. The Labute approximate surface area is 161 Å². The Morgan fingerprint density at radius 2 is 1.74 bits per heavy atom. The number of hydrogen-bond acceptors (Lipinski definition) is 4. The fourth-order valence-corrected chi connectivity index (χ4v) is 3.26. The van der Waals surface area contributed by atoms with Crippen molar-refractivity contribution >= 4 is 21.6 Å². The molecule has 0 spiro atoms. The second kappa shape index (κ2) is 9.41. The summed E-state index contributed by atoms with van der Waals surface area (Å²) in [5.74, 6) is 0.291. The Bertz CT molecular complexity index is 836. The minimum atomic E-state index is -3.59. The Kier molecular flexibility index (Phi) is 7.24. The van der Waals surface area contributed by atoms with Crippen molar-refractivity contribution in [2.75, 3.05) is 17.1 Å². The van der Waals surface area contributed by atoms with E-state index in [2.05, 4.69) is 5.32 Å². The van der Waals surface area contributed by atoms with E-state index in [1.54, 1.807) is 24.3 Å². The maximum Gasteiger partial charge on any atom is 0.240 e. The summed E-state index contributed by atoms with van der Waals surface area (Å²) >= 11 is 0. The SMILES string of the molecule is CC[C@@H](C)NC(=O)CN(c1ccc(OCc2ccccc2)cc1)S(C)(=O)=O. The highest BCUT2D eigenvalue weighted by Crippen LogP contribution is 2.22. The molecule has 0 radical (unpaired) electrons. The van der Waals surface area contributed by atoms with E-state index in [-0.39, 0.29) is 18.5 Å². The van der Waals surface area contributed by atoms with Crippen LogP contribution in [0.15, 0.2) is 54.6 Å². The Morgan fingerprint density at radius 3 is 2.30 bits per heavy atom. The van der Waals surface area contributed by atoms with E-state index in [1.165, 1.54) is 0 Å². The lowest BCUT2D eigenvalue weighted by Gasteiger charge is -2.23. The van der Waals surface area contributed by atoms with Crippen molar-refractivity contribution in [1.82, 2.24) is 5.32 Å². The summed E-state index contributed by atoms with van der Waals surface area (Å²) in [6.45, 7) is 4.00. The molecular weight excluding hydrogens is 364 g/mol. The number of carbonyl (C=O) groups is 1. The average molecular weight is 391 g/mol. The van der Waals surface area contributed by atoms with Gasteiger partial charge in [-0.3, -0.25) is 9.10 Å². The van der Waals surface area contributed by atoms with Gasteiger partial charge in [-0.25, -0.2) is 8.42 Å². The fourth-order valence-electron chi connectivity index (χ4n) is 2.40. The van der Waals surface area contributed by atoms with Crippen molar-refractivity contribution in [2.24, 2.45) is 0 Å². The van der Waals surface area contributed by atoms with Gasteiger partial charge in [0.1, 0.15) is 18.9 Å². The van der Waals surface area contributed by atoms with Gasteiger partial charge in [-0.1, -0.05) is 37.3 Å². The normalized spacial score (nSPS) is 12.3. The van der Waals surface area contributed by atoms with Crippen molar-refractivity contribution in [3.8, 4) is 5.75 Å². The van der Waals surface area contributed by atoms with Crippen LogP contribution in [0.2, 0.25) is 0 Å². The third kappa shape index (κ3) is 6.60. The van der Waals surface area contributed by atoms with Gasteiger partial charge in [-0.15, -0.1) is 0 Å². The standard InChI is InChI=1S/C20H26N2O4S/c1-4-16(2)21-20(23)14-22(27(3,24)25)18-10-12-19(13-11-18)26-15-17-8-6-5-7-9-17/h5-13,16H,4,14-15H2,1-3H3,(H,21,23)/t16-/m1/s1. The number of hydrogen-bond donors (Lipinski definition) is 1.